The van der Waals surface area contributed by atoms with E-state index in [-0.39, 0.29) is 6.10 Å². The van der Waals surface area contributed by atoms with Gasteiger partial charge in [0.05, 0.1) is 6.04 Å². The van der Waals surface area contributed by atoms with Gasteiger partial charge in [-0.25, -0.2) is 4.99 Å². The summed E-state index contributed by atoms with van der Waals surface area (Å²) in [5, 5.41) is 0. The van der Waals surface area contributed by atoms with E-state index in [0.29, 0.717) is 6.04 Å². The van der Waals surface area contributed by atoms with Crippen molar-refractivity contribution in [2.24, 2.45) is 4.99 Å². The van der Waals surface area contributed by atoms with E-state index in [1.807, 2.05) is 30.3 Å². The second kappa shape index (κ2) is 4.47. The van der Waals surface area contributed by atoms with E-state index in [4.69, 9.17) is 4.74 Å². The standard InChI is InChI=1S/C13H17NO/c1-3-7-12-10(2)15-13(14-12)11-8-5-4-6-9-11/h4-6,8-10,12H,3,7H2,1-2H3. The number of nitrogens with zero attached hydrogens (tertiary/aromatic N) is 1. The summed E-state index contributed by atoms with van der Waals surface area (Å²) in [6.45, 7) is 4.28. The van der Waals surface area contributed by atoms with Crippen molar-refractivity contribution in [1.82, 2.24) is 0 Å². The monoisotopic (exact) mass is 203 g/mol. The van der Waals surface area contributed by atoms with Crippen molar-refractivity contribution in [3.8, 4) is 0 Å². The Morgan fingerprint density at radius 1 is 1.27 bits per heavy atom. The fraction of sp³-hybridized carbons (Fsp3) is 0.462. The van der Waals surface area contributed by atoms with Crippen LogP contribution in [0.25, 0.3) is 0 Å². The Morgan fingerprint density at radius 3 is 2.67 bits per heavy atom. The first-order chi connectivity index (χ1) is 7.31. The zero-order chi connectivity index (χ0) is 10.7. The number of hydrogen-bond acceptors (Lipinski definition) is 2. The van der Waals surface area contributed by atoms with Crippen LogP contribution in [-0.4, -0.2) is 18.0 Å². The maximum Gasteiger partial charge on any atom is 0.216 e. The van der Waals surface area contributed by atoms with Gasteiger partial charge >= 0.3 is 0 Å². The Bertz CT molecular complexity index is 345. The van der Waals surface area contributed by atoms with Crippen LogP contribution in [0.15, 0.2) is 35.3 Å². The normalized spacial score (nSPS) is 24.8. The lowest BCUT2D eigenvalue weighted by Gasteiger charge is -2.10. The van der Waals surface area contributed by atoms with Crippen molar-refractivity contribution in [2.75, 3.05) is 0 Å². The maximum absolute atomic E-state index is 5.76. The number of rotatable bonds is 3. The molecule has 0 amide bonds. The zero-order valence-corrected chi connectivity index (χ0v) is 9.31. The van der Waals surface area contributed by atoms with Crippen molar-refractivity contribution in [2.45, 2.75) is 38.8 Å². The lowest BCUT2D eigenvalue weighted by molar-refractivity contribution is 0.208. The molecule has 2 atom stereocenters. The molecule has 0 aliphatic carbocycles. The van der Waals surface area contributed by atoms with Gasteiger partial charge in [0.15, 0.2) is 0 Å². The molecule has 1 aliphatic heterocycles. The summed E-state index contributed by atoms with van der Waals surface area (Å²) in [5.74, 6) is 0.807. The molecular weight excluding hydrogens is 186 g/mol. The van der Waals surface area contributed by atoms with E-state index in [2.05, 4.69) is 18.8 Å². The van der Waals surface area contributed by atoms with Crippen LogP contribution in [0.5, 0.6) is 0 Å². The fourth-order valence-corrected chi connectivity index (χ4v) is 1.86. The van der Waals surface area contributed by atoms with E-state index in [1.54, 1.807) is 0 Å². The fourth-order valence-electron chi connectivity index (χ4n) is 1.86. The summed E-state index contributed by atoms with van der Waals surface area (Å²) in [5.41, 5.74) is 1.09. The minimum absolute atomic E-state index is 0.222. The molecule has 1 heterocycles. The molecule has 1 aliphatic rings. The van der Waals surface area contributed by atoms with Gasteiger partial charge in [0.1, 0.15) is 6.10 Å². The van der Waals surface area contributed by atoms with Gasteiger partial charge in [-0.05, 0) is 25.5 Å². The van der Waals surface area contributed by atoms with Crippen molar-refractivity contribution < 1.29 is 4.74 Å². The van der Waals surface area contributed by atoms with Crippen LogP contribution in [0.4, 0.5) is 0 Å². The highest BCUT2D eigenvalue weighted by molar-refractivity contribution is 5.95. The second-order valence-electron chi connectivity index (χ2n) is 3.98. The lowest BCUT2D eigenvalue weighted by Crippen LogP contribution is -2.18. The van der Waals surface area contributed by atoms with Crippen LogP contribution in [0.2, 0.25) is 0 Å². The molecule has 2 rings (SSSR count). The molecule has 1 aromatic rings. The number of aliphatic imine (C=N–C) groups is 1. The first kappa shape index (κ1) is 10.2. The van der Waals surface area contributed by atoms with Crippen LogP contribution in [0, 0.1) is 0 Å². The van der Waals surface area contributed by atoms with Gasteiger partial charge in [-0.3, -0.25) is 0 Å². The smallest absolute Gasteiger partial charge is 0.216 e. The Kier molecular flexibility index (Phi) is 3.05. The highest BCUT2D eigenvalue weighted by atomic mass is 16.5. The first-order valence-electron chi connectivity index (χ1n) is 5.61. The maximum atomic E-state index is 5.76. The molecule has 2 nitrogen and oxygen atoms in total. The Labute approximate surface area is 91.0 Å². The van der Waals surface area contributed by atoms with Crippen molar-refractivity contribution in [3.05, 3.63) is 35.9 Å². The molecule has 0 saturated carbocycles. The van der Waals surface area contributed by atoms with Gasteiger partial charge < -0.3 is 4.74 Å². The predicted octanol–water partition coefficient (Wildman–Crippen LogP) is 3.02. The summed E-state index contributed by atoms with van der Waals surface area (Å²) in [7, 11) is 0. The third-order valence-corrected chi connectivity index (χ3v) is 2.73. The first-order valence-corrected chi connectivity index (χ1v) is 5.61. The average Bonchev–Trinajstić information content (AvgIpc) is 2.63. The Hall–Kier alpha value is -1.31. The average molecular weight is 203 g/mol. The molecule has 0 bridgehead atoms. The number of ether oxygens (including phenoxy) is 1. The molecular formula is C13H17NO. The number of benzene rings is 1. The lowest BCUT2D eigenvalue weighted by atomic mass is 10.1. The molecule has 0 saturated heterocycles. The van der Waals surface area contributed by atoms with Gasteiger partial charge in [0.2, 0.25) is 5.90 Å². The highest BCUT2D eigenvalue weighted by Crippen LogP contribution is 2.20. The van der Waals surface area contributed by atoms with Crippen LogP contribution in [0.1, 0.15) is 32.3 Å². The van der Waals surface area contributed by atoms with E-state index in [1.165, 1.54) is 0 Å². The molecule has 0 radical (unpaired) electrons. The zero-order valence-electron chi connectivity index (χ0n) is 9.31. The molecule has 15 heavy (non-hydrogen) atoms. The summed E-state index contributed by atoms with van der Waals surface area (Å²) in [6, 6.07) is 10.5. The third kappa shape index (κ3) is 2.20. The van der Waals surface area contributed by atoms with Gasteiger partial charge in [-0.1, -0.05) is 31.5 Å². The third-order valence-electron chi connectivity index (χ3n) is 2.73. The topological polar surface area (TPSA) is 21.6 Å². The minimum atomic E-state index is 0.222. The van der Waals surface area contributed by atoms with E-state index >= 15 is 0 Å². The molecule has 0 aromatic heterocycles. The van der Waals surface area contributed by atoms with Crippen LogP contribution in [-0.2, 0) is 4.74 Å². The molecule has 0 fully saturated rings. The Balaban J connectivity index is 2.15. The van der Waals surface area contributed by atoms with Crippen molar-refractivity contribution >= 4 is 5.90 Å². The summed E-state index contributed by atoms with van der Waals surface area (Å²) < 4.78 is 5.76. The van der Waals surface area contributed by atoms with Crippen molar-refractivity contribution in [3.63, 3.8) is 0 Å². The second-order valence-corrected chi connectivity index (χ2v) is 3.98. The van der Waals surface area contributed by atoms with Crippen LogP contribution < -0.4 is 0 Å². The van der Waals surface area contributed by atoms with Crippen LogP contribution >= 0.6 is 0 Å². The quantitative estimate of drug-likeness (QED) is 0.740. The molecule has 0 spiro atoms. The largest absolute Gasteiger partial charge is 0.472 e. The molecule has 80 valence electrons. The van der Waals surface area contributed by atoms with E-state index in [0.717, 1.165) is 24.3 Å². The van der Waals surface area contributed by atoms with Gasteiger partial charge in [0.25, 0.3) is 0 Å². The number of hydrogen-bond donors (Lipinski definition) is 0. The molecule has 2 heteroatoms. The van der Waals surface area contributed by atoms with Gasteiger partial charge in [0, 0.05) is 5.56 Å². The SMILES string of the molecule is CCCC1N=C(c2ccccc2)OC1C. The summed E-state index contributed by atoms with van der Waals surface area (Å²) in [6.07, 6.45) is 2.49. The highest BCUT2D eigenvalue weighted by Gasteiger charge is 2.26. The Morgan fingerprint density at radius 2 is 2.00 bits per heavy atom. The van der Waals surface area contributed by atoms with E-state index in [9.17, 15) is 0 Å². The molecule has 1 aromatic carbocycles. The molecule has 2 unspecified atom stereocenters. The summed E-state index contributed by atoms with van der Waals surface area (Å²) >= 11 is 0. The molecule has 0 N–H and O–H groups in total. The van der Waals surface area contributed by atoms with Crippen molar-refractivity contribution in [1.29, 1.82) is 0 Å². The van der Waals surface area contributed by atoms with Gasteiger partial charge in [-0.15, -0.1) is 0 Å². The minimum Gasteiger partial charge on any atom is -0.472 e. The summed E-state index contributed by atoms with van der Waals surface area (Å²) in [4.78, 5) is 4.62. The van der Waals surface area contributed by atoms with Gasteiger partial charge in [-0.2, -0.15) is 0 Å². The van der Waals surface area contributed by atoms with E-state index < -0.39 is 0 Å². The predicted molar refractivity (Wildman–Crippen MR) is 62.2 cm³/mol. The van der Waals surface area contributed by atoms with Crippen LogP contribution in [0.3, 0.4) is 0 Å².